The summed E-state index contributed by atoms with van der Waals surface area (Å²) in [6.45, 7) is 2.47. The van der Waals surface area contributed by atoms with Crippen molar-refractivity contribution in [2.75, 3.05) is 25.0 Å². The van der Waals surface area contributed by atoms with Crippen LogP contribution in [0.15, 0.2) is 12.4 Å². The van der Waals surface area contributed by atoms with Gasteiger partial charge in [0.25, 0.3) is 0 Å². The number of aliphatic hydroxyl groups is 1. The predicted octanol–water partition coefficient (Wildman–Crippen LogP) is 0.157. The molecule has 88 valence electrons. The predicted molar refractivity (Wildman–Crippen MR) is 62.2 cm³/mol. The second kappa shape index (κ2) is 5.23. The van der Waals surface area contributed by atoms with Crippen molar-refractivity contribution in [2.24, 2.45) is 0 Å². The van der Waals surface area contributed by atoms with Crippen molar-refractivity contribution in [3.05, 3.63) is 18.0 Å². The first-order valence-electron chi connectivity index (χ1n) is 5.68. The fourth-order valence-corrected chi connectivity index (χ4v) is 1.87. The van der Waals surface area contributed by atoms with E-state index < -0.39 is 0 Å². The summed E-state index contributed by atoms with van der Waals surface area (Å²) in [4.78, 5) is 10.8. The van der Waals surface area contributed by atoms with Crippen molar-refractivity contribution in [3.8, 4) is 0 Å². The van der Waals surface area contributed by atoms with Crippen LogP contribution in [0.5, 0.6) is 0 Å². The standard InChI is InChI=1S/C11H18N4O/c1-12-6-9-7-13-11(14-8-9)15-4-2-10(16)3-5-15/h7-8,10,12,16H,2-6H2,1H3. The Kier molecular flexibility index (Phi) is 3.69. The van der Waals surface area contributed by atoms with E-state index in [1.807, 2.05) is 19.4 Å². The molecule has 1 aromatic rings. The Labute approximate surface area is 95.5 Å². The number of piperidine rings is 1. The molecule has 0 spiro atoms. The fraction of sp³-hybridized carbons (Fsp3) is 0.636. The van der Waals surface area contributed by atoms with Crippen LogP contribution < -0.4 is 10.2 Å². The Hall–Kier alpha value is -1.20. The molecule has 1 aromatic heterocycles. The lowest BCUT2D eigenvalue weighted by Crippen LogP contribution is -2.36. The largest absolute Gasteiger partial charge is 0.393 e. The van der Waals surface area contributed by atoms with Crippen LogP contribution in [0, 0.1) is 0 Å². The first-order chi connectivity index (χ1) is 7.79. The van der Waals surface area contributed by atoms with Crippen molar-refractivity contribution in [2.45, 2.75) is 25.5 Å². The van der Waals surface area contributed by atoms with Gasteiger partial charge in [0, 0.05) is 37.6 Å². The zero-order valence-electron chi connectivity index (χ0n) is 9.56. The first-order valence-corrected chi connectivity index (χ1v) is 5.68. The first kappa shape index (κ1) is 11.3. The highest BCUT2D eigenvalue weighted by Gasteiger charge is 2.18. The summed E-state index contributed by atoms with van der Waals surface area (Å²) >= 11 is 0. The van der Waals surface area contributed by atoms with Gasteiger partial charge in [0.1, 0.15) is 0 Å². The van der Waals surface area contributed by atoms with E-state index in [1.54, 1.807) is 0 Å². The van der Waals surface area contributed by atoms with Gasteiger partial charge < -0.3 is 15.3 Å². The number of rotatable bonds is 3. The smallest absolute Gasteiger partial charge is 0.225 e. The molecule has 5 nitrogen and oxygen atoms in total. The topological polar surface area (TPSA) is 61.3 Å². The molecule has 0 aromatic carbocycles. The van der Waals surface area contributed by atoms with Gasteiger partial charge in [-0.2, -0.15) is 0 Å². The summed E-state index contributed by atoms with van der Waals surface area (Å²) in [5, 5.41) is 12.5. The van der Waals surface area contributed by atoms with Gasteiger partial charge in [-0.15, -0.1) is 0 Å². The highest BCUT2D eigenvalue weighted by atomic mass is 16.3. The maximum absolute atomic E-state index is 9.41. The van der Waals surface area contributed by atoms with Gasteiger partial charge >= 0.3 is 0 Å². The van der Waals surface area contributed by atoms with Crippen LogP contribution in [-0.2, 0) is 6.54 Å². The van der Waals surface area contributed by atoms with E-state index >= 15 is 0 Å². The molecule has 1 saturated heterocycles. The summed E-state index contributed by atoms with van der Waals surface area (Å²) < 4.78 is 0. The minimum Gasteiger partial charge on any atom is -0.393 e. The van der Waals surface area contributed by atoms with Crippen molar-refractivity contribution < 1.29 is 5.11 Å². The number of hydrogen-bond acceptors (Lipinski definition) is 5. The second-order valence-electron chi connectivity index (χ2n) is 4.14. The molecule has 16 heavy (non-hydrogen) atoms. The summed E-state index contributed by atoms with van der Waals surface area (Å²) in [6.07, 6.45) is 5.16. The van der Waals surface area contributed by atoms with Crippen LogP contribution in [0.2, 0.25) is 0 Å². The third kappa shape index (κ3) is 2.68. The van der Waals surface area contributed by atoms with Gasteiger partial charge in [-0.25, -0.2) is 9.97 Å². The van der Waals surface area contributed by atoms with E-state index in [4.69, 9.17) is 0 Å². The third-order valence-electron chi connectivity index (χ3n) is 2.82. The van der Waals surface area contributed by atoms with Crippen molar-refractivity contribution in [1.82, 2.24) is 15.3 Å². The Bertz CT molecular complexity index is 319. The van der Waals surface area contributed by atoms with E-state index in [1.165, 1.54) is 0 Å². The monoisotopic (exact) mass is 222 g/mol. The minimum absolute atomic E-state index is 0.153. The molecule has 2 rings (SSSR count). The number of aliphatic hydroxyl groups excluding tert-OH is 1. The van der Waals surface area contributed by atoms with Crippen molar-refractivity contribution in [1.29, 1.82) is 0 Å². The van der Waals surface area contributed by atoms with Crippen molar-refractivity contribution >= 4 is 5.95 Å². The molecule has 0 aliphatic carbocycles. The Morgan fingerprint density at radius 3 is 2.56 bits per heavy atom. The Morgan fingerprint density at radius 1 is 1.38 bits per heavy atom. The number of hydrogen-bond donors (Lipinski definition) is 2. The summed E-state index contributed by atoms with van der Waals surface area (Å²) in [6, 6.07) is 0. The average Bonchev–Trinajstić information content (AvgIpc) is 2.32. The van der Waals surface area contributed by atoms with Gasteiger partial charge in [-0.05, 0) is 19.9 Å². The average molecular weight is 222 g/mol. The highest BCUT2D eigenvalue weighted by Crippen LogP contribution is 2.15. The van der Waals surface area contributed by atoms with Crippen LogP contribution in [0.1, 0.15) is 18.4 Å². The van der Waals surface area contributed by atoms with Crippen LogP contribution in [0.4, 0.5) is 5.95 Å². The second-order valence-corrected chi connectivity index (χ2v) is 4.14. The lowest BCUT2D eigenvalue weighted by atomic mass is 10.1. The molecule has 0 radical (unpaired) electrons. The Morgan fingerprint density at radius 2 is 2.00 bits per heavy atom. The molecular weight excluding hydrogens is 204 g/mol. The zero-order chi connectivity index (χ0) is 11.4. The van der Waals surface area contributed by atoms with E-state index in [0.29, 0.717) is 0 Å². The summed E-state index contributed by atoms with van der Waals surface area (Å²) in [5.41, 5.74) is 1.09. The number of nitrogens with one attached hydrogen (secondary N) is 1. The number of nitrogens with zero attached hydrogens (tertiary/aromatic N) is 3. The fourth-order valence-electron chi connectivity index (χ4n) is 1.87. The van der Waals surface area contributed by atoms with Crippen LogP contribution in [0.25, 0.3) is 0 Å². The molecule has 2 heterocycles. The van der Waals surface area contributed by atoms with Crippen LogP contribution >= 0.6 is 0 Å². The SMILES string of the molecule is CNCc1cnc(N2CCC(O)CC2)nc1. The van der Waals surface area contributed by atoms with Gasteiger partial charge in [-0.1, -0.05) is 0 Å². The molecule has 5 heteroatoms. The van der Waals surface area contributed by atoms with Crippen LogP contribution in [0.3, 0.4) is 0 Å². The molecule has 0 atom stereocenters. The molecule has 1 aliphatic heterocycles. The van der Waals surface area contributed by atoms with E-state index in [-0.39, 0.29) is 6.10 Å². The molecule has 0 bridgehead atoms. The molecule has 1 aliphatic rings. The van der Waals surface area contributed by atoms with Gasteiger partial charge in [0.05, 0.1) is 6.10 Å². The molecular formula is C11H18N4O. The molecule has 2 N–H and O–H groups in total. The normalized spacial score (nSPS) is 17.8. The quantitative estimate of drug-likeness (QED) is 0.762. The van der Waals surface area contributed by atoms with E-state index in [2.05, 4.69) is 20.2 Å². The lowest BCUT2D eigenvalue weighted by Gasteiger charge is -2.29. The zero-order valence-corrected chi connectivity index (χ0v) is 9.56. The summed E-state index contributed by atoms with van der Waals surface area (Å²) in [5.74, 6) is 0.770. The van der Waals surface area contributed by atoms with Crippen molar-refractivity contribution in [3.63, 3.8) is 0 Å². The number of anilines is 1. The van der Waals surface area contributed by atoms with E-state index in [0.717, 1.165) is 44.0 Å². The maximum atomic E-state index is 9.41. The van der Waals surface area contributed by atoms with Gasteiger partial charge in [-0.3, -0.25) is 0 Å². The maximum Gasteiger partial charge on any atom is 0.225 e. The molecule has 0 saturated carbocycles. The van der Waals surface area contributed by atoms with Gasteiger partial charge in [0.2, 0.25) is 5.95 Å². The third-order valence-corrected chi connectivity index (χ3v) is 2.82. The molecule has 0 unspecified atom stereocenters. The lowest BCUT2D eigenvalue weighted by molar-refractivity contribution is 0.145. The summed E-state index contributed by atoms with van der Waals surface area (Å²) in [7, 11) is 1.90. The van der Waals surface area contributed by atoms with Crippen LogP contribution in [-0.4, -0.2) is 41.3 Å². The van der Waals surface area contributed by atoms with Gasteiger partial charge in [0.15, 0.2) is 0 Å². The minimum atomic E-state index is -0.153. The molecule has 0 amide bonds. The Balaban J connectivity index is 1.98. The highest BCUT2D eigenvalue weighted by molar-refractivity contribution is 5.30. The van der Waals surface area contributed by atoms with E-state index in [9.17, 15) is 5.11 Å². The number of aromatic nitrogens is 2. The molecule has 1 fully saturated rings.